The molecule has 0 bridgehead atoms. The fourth-order valence-corrected chi connectivity index (χ4v) is 2.72. The molecule has 0 spiro atoms. The van der Waals surface area contributed by atoms with Crippen molar-refractivity contribution in [3.8, 4) is 0 Å². The molecule has 0 aromatic carbocycles. The predicted octanol–water partition coefficient (Wildman–Crippen LogP) is 3.07. The lowest BCUT2D eigenvalue weighted by molar-refractivity contribution is -0.138. The minimum Gasteiger partial charge on any atom is -0.407 e. The van der Waals surface area contributed by atoms with Gasteiger partial charge in [0.25, 0.3) is 0 Å². The van der Waals surface area contributed by atoms with Crippen LogP contribution < -0.4 is 0 Å². The van der Waals surface area contributed by atoms with Gasteiger partial charge >= 0.3 is 0 Å². The van der Waals surface area contributed by atoms with E-state index in [1.807, 2.05) is 6.92 Å². The quantitative estimate of drug-likeness (QED) is 0.573. The lowest BCUT2D eigenvalue weighted by atomic mass is 10.1. The molecular weight excluding hydrogens is 246 g/mol. The molecule has 0 amide bonds. The van der Waals surface area contributed by atoms with Crippen LogP contribution in [0.25, 0.3) is 0 Å². The van der Waals surface area contributed by atoms with Gasteiger partial charge in [-0.15, -0.1) is 0 Å². The van der Waals surface area contributed by atoms with Crippen LogP contribution in [0.4, 0.5) is 0 Å². The summed E-state index contributed by atoms with van der Waals surface area (Å²) in [4.78, 5) is 12.0. The number of hydrogen-bond donors (Lipinski definition) is 1. The third kappa shape index (κ3) is 5.61. The van der Waals surface area contributed by atoms with Crippen LogP contribution in [0.2, 0.25) is 18.1 Å². The molecule has 0 radical (unpaired) electrons. The van der Waals surface area contributed by atoms with Crippen LogP contribution in [-0.2, 0) is 9.22 Å². The van der Waals surface area contributed by atoms with Crippen molar-refractivity contribution in [3.63, 3.8) is 0 Å². The standard InChI is InChI=1S/C13H29NO3Si/c1-8-9-12(11(15)10-14(5)16)17-18(6,7)13(2,3)4/h12,16H,8-10H2,1-7H3/t12-/m0/s1. The first kappa shape index (κ1) is 17.8. The number of carbonyl (C=O) groups excluding carboxylic acids is 1. The van der Waals surface area contributed by atoms with Gasteiger partial charge in [-0.1, -0.05) is 34.1 Å². The number of Topliss-reactive ketones (excluding diaryl/α,β-unsaturated/α-hetero) is 1. The van der Waals surface area contributed by atoms with Crippen molar-refractivity contribution in [1.29, 1.82) is 0 Å². The topological polar surface area (TPSA) is 49.8 Å². The van der Waals surface area contributed by atoms with E-state index in [0.717, 1.165) is 17.9 Å². The van der Waals surface area contributed by atoms with Crippen molar-refractivity contribution in [3.05, 3.63) is 0 Å². The first-order chi connectivity index (χ1) is 8.01. The molecule has 0 saturated carbocycles. The number of rotatable bonds is 7. The Morgan fingerprint density at radius 3 is 2.22 bits per heavy atom. The highest BCUT2D eigenvalue weighted by atomic mass is 28.4. The van der Waals surface area contributed by atoms with Crippen LogP contribution in [0.15, 0.2) is 0 Å². The Bertz CT molecular complexity index is 272. The van der Waals surface area contributed by atoms with E-state index < -0.39 is 8.32 Å². The van der Waals surface area contributed by atoms with Crippen molar-refractivity contribution in [2.45, 2.75) is 64.8 Å². The maximum Gasteiger partial charge on any atom is 0.193 e. The number of likely N-dealkylation sites (N-methyl/N-ethyl adjacent to an activating group) is 1. The predicted molar refractivity (Wildman–Crippen MR) is 76.4 cm³/mol. The zero-order valence-corrected chi connectivity index (χ0v) is 13.9. The third-order valence-electron chi connectivity index (χ3n) is 3.54. The van der Waals surface area contributed by atoms with Crippen LogP contribution in [0.5, 0.6) is 0 Å². The van der Waals surface area contributed by atoms with Gasteiger partial charge in [-0.05, 0) is 24.6 Å². The molecule has 0 aliphatic heterocycles. The van der Waals surface area contributed by atoms with Crippen molar-refractivity contribution < 1.29 is 14.4 Å². The highest BCUT2D eigenvalue weighted by Gasteiger charge is 2.40. The highest BCUT2D eigenvalue weighted by molar-refractivity contribution is 6.74. The summed E-state index contributed by atoms with van der Waals surface area (Å²) in [5, 5.41) is 10.2. The van der Waals surface area contributed by atoms with Crippen molar-refractivity contribution >= 4 is 14.1 Å². The SMILES string of the molecule is CCC[C@H](O[Si](C)(C)C(C)(C)C)C(=O)CN(C)O. The normalized spacial score (nSPS) is 14.9. The summed E-state index contributed by atoms with van der Waals surface area (Å²) in [5.74, 6) is -0.0355. The van der Waals surface area contributed by atoms with E-state index in [4.69, 9.17) is 9.63 Å². The Morgan fingerprint density at radius 1 is 1.39 bits per heavy atom. The third-order valence-corrected chi connectivity index (χ3v) is 8.02. The van der Waals surface area contributed by atoms with E-state index in [1.165, 1.54) is 7.05 Å². The average molecular weight is 275 g/mol. The summed E-state index contributed by atoms with van der Waals surface area (Å²) in [7, 11) is -0.461. The minimum atomic E-state index is -1.94. The molecular formula is C13H29NO3Si. The second kappa shape index (κ2) is 6.80. The van der Waals surface area contributed by atoms with Gasteiger partial charge in [0.2, 0.25) is 0 Å². The van der Waals surface area contributed by atoms with Crippen molar-refractivity contribution in [2.24, 2.45) is 0 Å². The smallest absolute Gasteiger partial charge is 0.193 e. The lowest BCUT2D eigenvalue weighted by Gasteiger charge is -2.39. The second-order valence-electron chi connectivity index (χ2n) is 6.44. The summed E-state index contributed by atoms with van der Waals surface area (Å²) >= 11 is 0. The summed E-state index contributed by atoms with van der Waals surface area (Å²) in [5.41, 5.74) is 0. The van der Waals surface area contributed by atoms with Crippen LogP contribution in [0, 0.1) is 0 Å². The largest absolute Gasteiger partial charge is 0.407 e. The van der Waals surface area contributed by atoms with Gasteiger partial charge in [0.1, 0.15) is 6.10 Å². The van der Waals surface area contributed by atoms with E-state index in [2.05, 4.69) is 33.9 Å². The molecule has 0 saturated heterocycles. The highest BCUT2D eigenvalue weighted by Crippen LogP contribution is 2.37. The molecule has 0 aromatic rings. The zero-order chi connectivity index (χ0) is 14.6. The Kier molecular flexibility index (Phi) is 6.71. The molecule has 5 heteroatoms. The fourth-order valence-electron chi connectivity index (χ4n) is 1.41. The van der Waals surface area contributed by atoms with Gasteiger partial charge in [0.15, 0.2) is 14.1 Å². The molecule has 0 rings (SSSR count). The Labute approximate surface area is 112 Å². The molecule has 0 heterocycles. The molecule has 0 unspecified atom stereocenters. The number of nitrogens with zero attached hydrogens (tertiary/aromatic N) is 1. The molecule has 0 aliphatic carbocycles. The van der Waals surface area contributed by atoms with Crippen molar-refractivity contribution in [2.75, 3.05) is 13.6 Å². The van der Waals surface area contributed by atoms with Gasteiger partial charge in [-0.2, -0.15) is 5.06 Å². The summed E-state index contributed by atoms with van der Waals surface area (Å²) in [6.07, 6.45) is 1.24. The van der Waals surface area contributed by atoms with Gasteiger partial charge in [-0.25, -0.2) is 0 Å². The van der Waals surface area contributed by atoms with E-state index in [1.54, 1.807) is 0 Å². The number of ketones is 1. The Hall–Kier alpha value is -0.233. The molecule has 0 fully saturated rings. The average Bonchev–Trinajstić information content (AvgIpc) is 2.13. The molecule has 0 aromatic heterocycles. The van der Waals surface area contributed by atoms with Crippen LogP contribution in [0.3, 0.4) is 0 Å². The Balaban J connectivity index is 4.77. The van der Waals surface area contributed by atoms with Crippen LogP contribution >= 0.6 is 0 Å². The number of hydroxylamine groups is 2. The first-order valence-electron chi connectivity index (χ1n) is 6.61. The second-order valence-corrected chi connectivity index (χ2v) is 11.2. The minimum absolute atomic E-state index is 0.0271. The number of hydrogen-bond acceptors (Lipinski definition) is 4. The summed E-state index contributed by atoms with van der Waals surface area (Å²) in [6, 6.07) is 0. The maximum atomic E-state index is 12.0. The van der Waals surface area contributed by atoms with Crippen LogP contribution in [-0.4, -0.2) is 44.1 Å². The summed E-state index contributed by atoms with van der Waals surface area (Å²) < 4.78 is 6.16. The van der Waals surface area contributed by atoms with Gasteiger partial charge in [0, 0.05) is 7.05 Å². The summed E-state index contributed by atoms with van der Waals surface area (Å²) in [6.45, 7) is 12.8. The molecule has 108 valence electrons. The molecule has 0 aliphatic rings. The van der Waals surface area contributed by atoms with Gasteiger partial charge < -0.3 is 9.63 Å². The lowest BCUT2D eigenvalue weighted by Crippen LogP contribution is -2.47. The molecule has 1 N–H and O–H groups in total. The monoisotopic (exact) mass is 275 g/mol. The van der Waals surface area contributed by atoms with Gasteiger partial charge in [0.05, 0.1) is 6.54 Å². The molecule has 18 heavy (non-hydrogen) atoms. The van der Waals surface area contributed by atoms with E-state index in [0.29, 0.717) is 0 Å². The van der Waals surface area contributed by atoms with E-state index in [9.17, 15) is 4.79 Å². The number of carbonyl (C=O) groups is 1. The molecule has 1 atom stereocenters. The zero-order valence-electron chi connectivity index (χ0n) is 12.9. The Morgan fingerprint density at radius 2 is 1.89 bits per heavy atom. The van der Waals surface area contributed by atoms with Gasteiger partial charge in [-0.3, -0.25) is 4.79 Å². The van der Waals surface area contributed by atoms with E-state index in [-0.39, 0.29) is 23.5 Å². The van der Waals surface area contributed by atoms with E-state index >= 15 is 0 Å². The van der Waals surface area contributed by atoms with Crippen molar-refractivity contribution in [1.82, 2.24) is 5.06 Å². The van der Waals surface area contributed by atoms with Crippen LogP contribution in [0.1, 0.15) is 40.5 Å². The fraction of sp³-hybridized carbons (Fsp3) is 0.923. The maximum absolute atomic E-state index is 12.0. The molecule has 4 nitrogen and oxygen atoms in total. The first-order valence-corrected chi connectivity index (χ1v) is 9.52.